The highest BCUT2D eigenvalue weighted by atomic mass is 35.5. The van der Waals surface area contributed by atoms with Crippen LogP contribution in [0.1, 0.15) is 5.56 Å². The van der Waals surface area contributed by atoms with E-state index in [0.717, 1.165) is 18.3 Å². The fourth-order valence-electron chi connectivity index (χ4n) is 1.96. The fourth-order valence-corrected chi connectivity index (χ4v) is 2.26. The SMILES string of the molecule is N#Cc1cc([N+](=O)[O-])ccc1NC(=O)CON=CC(=O)Nc1ccc(Cl)c(Cl)c1. The number of hydrogen-bond donors (Lipinski definition) is 2. The molecule has 0 aliphatic carbocycles. The van der Waals surface area contributed by atoms with Crippen LogP contribution in [0.25, 0.3) is 0 Å². The number of oxime groups is 1. The number of nitrogens with one attached hydrogen (secondary N) is 2. The van der Waals surface area contributed by atoms with Crippen LogP contribution in [0.4, 0.5) is 17.1 Å². The first-order valence-corrected chi connectivity index (χ1v) is 8.45. The van der Waals surface area contributed by atoms with E-state index in [0.29, 0.717) is 10.7 Å². The van der Waals surface area contributed by atoms with E-state index in [1.54, 1.807) is 6.07 Å². The van der Waals surface area contributed by atoms with Gasteiger partial charge in [-0.2, -0.15) is 5.26 Å². The molecular formula is C17H11Cl2N5O5. The smallest absolute Gasteiger partial charge is 0.270 e. The Balaban J connectivity index is 1.85. The van der Waals surface area contributed by atoms with Crippen molar-refractivity contribution in [2.75, 3.05) is 17.2 Å². The number of nitro benzene ring substituents is 1. The van der Waals surface area contributed by atoms with Crippen molar-refractivity contribution in [3.63, 3.8) is 0 Å². The number of benzene rings is 2. The highest BCUT2D eigenvalue weighted by Gasteiger charge is 2.13. The van der Waals surface area contributed by atoms with Crippen LogP contribution >= 0.6 is 23.2 Å². The largest absolute Gasteiger partial charge is 0.385 e. The molecule has 10 nitrogen and oxygen atoms in total. The summed E-state index contributed by atoms with van der Waals surface area (Å²) in [6, 6.07) is 9.63. The lowest BCUT2D eigenvalue weighted by Crippen LogP contribution is -2.18. The zero-order valence-corrected chi connectivity index (χ0v) is 15.9. The van der Waals surface area contributed by atoms with E-state index < -0.39 is 23.3 Å². The summed E-state index contributed by atoms with van der Waals surface area (Å²) < 4.78 is 0. The van der Waals surface area contributed by atoms with Gasteiger partial charge >= 0.3 is 0 Å². The second-order valence-electron chi connectivity index (χ2n) is 5.27. The standard InChI is InChI=1S/C17H11Cl2N5O5/c18-13-3-1-11(6-14(13)19)22-16(25)8-21-29-9-17(26)23-15-4-2-12(24(27)28)5-10(15)7-20/h1-6,8H,9H2,(H,22,25)(H,23,26). The average molecular weight is 436 g/mol. The second-order valence-corrected chi connectivity index (χ2v) is 6.09. The molecule has 0 aromatic heterocycles. The number of nitro groups is 1. The third-order valence-electron chi connectivity index (χ3n) is 3.24. The van der Waals surface area contributed by atoms with E-state index in [4.69, 9.17) is 33.3 Å². The number of non-ortho nitro benzene ring substituents is 1. The number of nitriles is 1. The molecule has 0 saturated carbocycles. The molecule has 0 unspecified atom stereocenters. The predicted molar refractivity (Wildman–Crippen MR) is 106 cm³/mol. The van der Waals surface area contributed by atoms with Gasteiger partial charge in [-0.3, -0.25) is 19.7 Å². The summed E-state index contributed by atoms with van der Waals surface area (Å²) in [5.41, 5.74) is 0.0919. The third-order valence-corrected chi connectivity index (χ3v) is 3.97. The quantitative estimate of drug-likeness (QED) is 0.387. The van der Waals surface area contributed by atoms with Crippen molar-refractivity contribution < 1.29 is 19.3 Å². The zero-order valence-electron chi connectivity index (χ0n) is 14.4. The van der Waals surface area contributed by atoms with Crippen molar-refractivity contribution in [2.45, 2.75) is 0 Å². The molecule has 148 valence electrons. The van der Waals surface area contributed by atoms with Crippen molar-refractivity contribution >= 4 is 58.3 Å². The van der Waals surface area contributed by atoms with E-state index in [1.165, 1.54) is 24.3 Å². The number of halogens is 2. The Morgan fingerprint density at radius 1 is 1.21 bits per heavy atom. The molecule has 0 heterocycles. The van der Waals surface area contributed by atoms with E-state index in [1.807, 2.05) is 0 Å². The molecule has 12 heteroatoms. The van der Waals surface area contributed by atoms with Crippen molar-refractivity contribution in [1.29, 1.82) is 5.26 Å². The molecule has 0 saturated heterocycles. The number of nitrogens with zero attached hydrogens (tertiary/aromatic N) is 3. The Labute approximate surface area is 173 Å². The summed E-state index contributed by atoms with van der Waals surface area (Å²) in [6.07, 6.45) is 0.808. The molecule has 0 aliphatic heterocycles. The van der Waals surface area contributed by atoms with Crippen molar-refractivity contribution in [1.82, 2.24) is 0 Å². The van der Waals surface area contributed by atoms with Crippen molar-refractivity contribution in [3.8, 4) is 6.07 Å². The molecule has 2 aromatic carbocycles. The van der Waals surface area contributed by atoms with Gasteiger partial charge in [0.05, 0.1) is 26.2 Å². The molecule has 0 fully saturated rings. The summed E-state index contributed by atoms with van der Waals surface area (Å²) in [6.45, 7) is -0.557. The van der Waals surface area contributed by atoms with Gasteiger partial charge in [0.15, 0.2) is 6.61 Å². The molecule has 2 N–H and O–H groups in total. The topological polar surface area (TPSA) is 147 Å². The van der Waals surface area contributed by atoms with Gasteiger partial charge in [-0.25, -0.2) is 0 Å². The molecule has 0 radical (unpaired) electrons. The predicted octanol–water partition coefficient (Wildman–Crippen LogP) is 3.35. The van der Waals surface area contributed by atoms with Gasteiger partial charge in [-0.1, -0.05) is 28.4 Å². The van der Waals surface area contributed by atoms with Gasteiger partial charge in [0.1, 0.15) is 12.3 Å². The lowest BCUT2D eigenvalue weighted by atomic mass is 10.1. The zero-order chi connectivity index (χ0) is 21.4. The van der Waals surface area contributed by atoms with Crippen LogP contribution in [-0.4, -0.2) is 29.6 Å². The maximum atomic E-state index is 11.8. The maximum absolute atomic E-state index is 11.8. The number of amides is 2. The van der Waals surface area contributed by atoms with E-state index in [-0.39, 0.29) is 22.0 Å². The van der Waals surface area contributed by atoms with Gasteiger partial charge in [-0.15, -0.1) is 0 Å². The number of hydrogen-bond acceptors (Lipinski definition) is 7. The monoisotopic (exact) mass is 435 g/mol. The van der Waals surface area contributed by atoms with Crippen LogP contribution in [0.3, 0.4) is 0 Å². The van der Waals surface area contributed by atoms with E-state index in [9.17, 15) is 19.7 Å². The minimum atomic E-state index is -0.683. The highest BCUT2D eigenvalue weighted by Crippen LogP contribution is 2.25. The first-order chi connectivity index (χ1) is 13.8. The number of carbonyl (C=O) groups is 2. The van der Waals surface area contributed by atoms with Crippen molar-refractivity contribution in [2.24, 2.45) is 5.16 Å². The first-order valence-electron chi connectivity index (χ1n) is 7.70. The lowest BCUT2D eigenvalue weighted by molar-refractivity contribution is -0.384. The normalized spacial score (nSPS) is 10.2. The van der Waals surface area contributed by atoms with E-state index >= 15 is 0 Å². The van der Waals surface area contributed by atoms with Crippen LogP contribution in [0.5, 0.6) is 0 Å². The molecule has 2 aromatic rings. The van der Waals surface area contributed by atoms with Crippen LogP contribution < -0.4 is 10.6 Å². The summed E-state index contributed by atoms with van der Waals surface area (Å²) >= 11 is 11.6. The average Bonchev–Trinajstić information content (AvgIpc) is 2.68. The second kappa shape index (κ2) is 10.0. The molecule has 0 bridgehead atoms. The van der Waals surface area contributed by atoms with Crippen molar-refractivity contribution in [3.05, 3.63) is 62.1 Å². The molecule has 29 heavy (non-hydrogen) atoms. The first kappa shape index (κ1) is 21.6. The minimum Gasteiger partial charge on any atom is -0.385 e. The lowest BCUT2D eigenvalue weighted by Gasteiger charge is -2.06. The van der Waals surface area contributed by atoms with Gasteiger partial charge < -0.3 is 15.5 Å². The Morgan fingerprint density at radius 2 is 1.97 bits per heavy atom. The number of rotatable bonds is 7. The Kier molecular flexibility index (Phi) is 7.47. The number of anilines is 2. The molecule has 0 aliphatic rings. The fraction of sp³-hybridized carbons (Fsp3) is 0.0588. The Hall–Kier alpha value is -3.68. The van der Waals surface area contributed by atoms with Crippen LogP contribution in [0, 0.1) is 21.4 Å². The van der Waals surface area contributed by atoms with Gasteiger partial charge in [0.2, 0.25) is 0 Å². The van der Waals surface area contributed by atoms with Crippen LogP contribution in [0.15, 0.2) is 41.6 Å². The van der Waals surface area contributed by atoms with E-state index in [2.05, 4.69) is 15.8 Å². The molecule has 0 atom stereocenters. The summed E-state index contributed by atoms with van der Waals surface area (Å²) in [7, 11) is 0. The minimum absolute atomic E-state index is 0.0769. The molecule has 2 rings (SSSR count). The van der Waals surface area contributed by atoms with Gasteiger partial charge in [-0.05, 0) is 24.3 Å². The van der Waals surface area contributed by atoms with Crippen LogP contribution in [-0.2, 0) is 14.4 Å². The number of carbonyl (C=O) groups excluding carboxylic acids is 2. The van der Waals surface area contributed by atoms with Crippen LogP contribution in [0.2, 0.25) is 10.0 Å². The maximum Gasteiger partial charge on any atom is 0.270 e. The summed E-state index contributed by atoms with van der Waals surface area (Å²) in [5, 5.41) is 28.5. The molecule has 2 amide bonds. The summed E-state index contributed by atoms with van der Waals surface area (Å²) in [4.78, 5) is 38.3. The highest BCUT2D eigenvalue weighted by molar-refractivity contribution is 6.42. The third kappa shape index (κ3) is 6.46. The molecular weight excluding hydrogens is 425 g/mol. The Morgan fingerprint density at radius 3 is 2.62 bits per heavy atom. The Bertz CT molecular complexity index is 1040. The summed E-state index contributed by atoms with van der Waals surface area (Å²) in [5.74, 6) is -1.32. The van der Waals surface area contributed by atoms with Gasteiger partial charge in [0, 0.05) is 17.8 Å². The molecule has 0 spiro atoms. The van der Waals surface area contributed by atoms with Gasteiger partial charge in [0.25, 0.3) is 17.5 Å².